The summed E-state index contributed by atoms with van der Waals surface area (Å²) < 4.78 is 31.7. The van der Waals surface area contributed by atoms with Gasteiger partial charge in [0, 0.05) is 48.8 Å². The first-order chi connectivity index (χ1) is 15.1. The number of halogens is 4. The van der Waals surface area contributed by atoms with E-state index in [1.165, 1.54) is 5.56 Å². The molecule has 2 aromatic carbocycles. The van der Waals surface area contributed by atoms with Crippen LogP contribution in [0, 0.1) is 5.41 Å². The zero-order valence-corrected chi connectivity index (χ0v) is 17.9. The number of carboxylic acid groups (broad SMARTS) is 1. The number of hydrogen-bond donors (Lipinski definition) is 2. The van der Waals surface area contributed by atoms with Crippen LogP contribution in [0.25, 0.3) is 0 Å². The predicted octanol–water partition coefficient (Wildman–Crippen LogP) is 4.71. The molecule has 0 aliphatic carbocycles. The van der Waals surface area contributed by atoms with Gasteiger partial charge in [0.15, 0.2) is 0 Å². The molecule has 2 amide bonds. The van der Waals surface area contributed by atoms with Gasteiger partial charge in [-0.05, 0) is 36.2 Å². The van der Waals surface area contributed by atoms with Gasteiger partial charge in [0.2, 0.25) is 0 Å². The average Bonchev–Trinajstić information content (AvgIpc) is 3.14. The quantitative estimate of drug-likeness (QED) is 0.682. The van der Waals surface area contributed by atoms with Crippen molar-refractivity contribution in [2.24, 2.45) is 5.41 Å². The Balaban J connectivity index is 0.000000360. The van der Waals surface area contributed by atoms with Crippen LogP contribution in [0.5, 0.6) is 0 Å². The molecule has 1 spiro atoms. The molecular formula is C22H23ClF3N3O3. The van der Waals surface area contributed by atoms with E-state index in [1.54, 1.807) is 0 Å². The van der Waals surface area contributed by atoms with Gasteiger partial charge in [-0.25, -0.2) is 9.59 Å². The molecule has 0 unspecified atom stereocenters. The minimum absolute atomic E-state index is 0.0105. The number of aliphatic carboxylic acids is 1. The first-order valence-electron chi connectivity index (χ1n) is 9.94. The second-order valence-electron chi connectivity index (χ2n) is 8.05. The summed E-state index contributed by atoms with van der Waals surface area (Å²) in [4.78, 5) is 25.7. The van der Waals surface area contributed by atoms with Gasteiger partial charge in [-0.2, -0.15) is 13.2 Å². The lowest BCUT2D eigenvalue weighted by Crippen LogP contribution is -2.57. The smallest absolute Gasteiger partial charge is 0.475 e. The Morgan fingerprint density at radius 2 is 1.72 bits per heavy atom. The average molecular weight is 470 g/mol. The molecule has 2 fully saturated rings. The van der Waals surface area contributed by atoms with Gasteiger partial charge in [0.1, 0.15) is 0 Å². The third-order valence-electron chi connectivity index (χ3n) is 5.41. The van der Waals surface area contributed by atoms with E-state index in [9.17, 15) is 18.0 Å². The SMILES string of the molecule is O=C(Nc1ccccc1)N1CCC2(CN(Cc3cccc(Cl)c3)C2)C1.O=C(O)C(F)(F)F. The number of anilines is 1. The number of carboxylic acids is 1. The van der Waals surface area contributed by atoms with Crippen LogP contribution in [0.4, 0.5) is 23.7 Å². The summed E-state index contributed by atoms with van der Waals surface area (Å²) in [6.07, 6.45) is -4.00. The molecule has 2 N–H and O–H groups in total. The van der Waals surface area contributed by atoms with E-state index in [1.807, 2.05) is 53.4 Å². The second kappa shape index (κ2) is 9.79. The Kier molecular flexibility index (Phi) is 7.30. The zero-order chi connectivity index (χ0) is 23.4. The van der Waals surface area contributed by atoms with Crippen molar-refractivity contribution >= 4 is 29.3 Å². The topological polar surface area (TPSA) is 72.9 Å². The number of para-hydroxylation sites is 1. The van der Waals surface area contributed by atoms with E-state index in [0.29, 0.717) is 0 Å². The van der Waals surface area contributed by atoms with Gasteiger partial charge in [-0.1, -0.05) is 41.9 Å². The molecule has 0 radical (unpaired) electrons. The number of nitrogens with one attached hydrogen (secondary N) is 1. The molecule has 2 aromatic rings. The summed E-state index contributed by atoms with van der Waals surface area (Å²) in [6.45, 7) is 4.71. The molecule has 32 heavy (non-hydrogen) atoms. The van der Waals surface area contributed by atoms with Gasteiger partial charge >= 0.3 is 18.2 Å². The fourth-order valence-corrected chi connectivity index (χ4v) is 4.21. The number of rotatable bonds is 3. The van der Waals surface area contributed by atoms with Crippen molar-refractivity contribution in [3.8, 4) is 0 Å². The summed E-state index contributed by atoms with van der Waals surface area (Å²) in [5, 5.41) is 10.9. The Bertz CT molecular complexity index is 950. The van der Waals surface area contributed by atoms with E-state index in [2.05, 4.69) is 16.3 Å². The predicted molar refractivity (Wildman–Crippen MR) is 115 cm³/mol. The highest BCUT2D eigenvalue weighted by molar-refractivity contribution is 6.30. The number of urea groups is 1. The van der Waals surface area contributed by atoms with Gasteiger partial charge < -0.3 is 15.3 Å². The number of benzene rings is 2. The van der Waals surface area contributed by atoms with Crippen molar-refractivity contribution in [3.63, 3.8) is 0 Å². The lowest BCUT2D eigenvalue weighted by Gasteiger charge is -2.48. The third kappa shape index (κ3) is 6.37. The highest BCUT2D eigenvalue weighted by atomic mass is 35.5. The molecule has 4 rings (SSSR count). The van der Waals surface area contributed by atoms with Crippen molar-refractivity contribution in [1.29, 1.82) is 0 Å². The molecule has 2 aliphatic rings. The number of carbonyl (C=O) groups is 2. The summed E-state index contributed by atoms with van der Waals surface area (Å²) in [7, 11) is 0. The van der Waals surface area contributed by atoms with Crippen LogP contribution in [0.15, 0.2) is 54.6 Å². The monoisotopic (exact) mass is 469 g/mol. The maximum Gasteiger partial charge on any atom is 0.490 e. The minimum atomic E-state index is -5.08. The molecule has 0 saturated carbocycles. The molecule has 172 valence electrons. The van der Waals surface area contributed by atoms with Crippen LogP contribution in [0.2, 0.25) is 5.02 Å². The zero-order valence-electron chi connectivity index (χ0n) is 17.1. The van der Waals surface area contributed by atoms with Gasteiger partial charge in [-0.3, -0.25) is 4.90 Å². The summed E-state index contributed by atoms with van der Waals surface area (Å²) in [5.74, 6) is -2.76. The Hall–Kier alpha value is -2.78. The molecule has 2 aliphatic heterocycles. The van der Waals surface area contributed by atoms with Crippen LogP contribution in [0.1, 0.15) is 12.0 Å². The normalized spacial score (nSPS) is 17.3. The van der Waals surface area contributed by atoms with Crippen molar-refractivity contribution < 1.29 is 27.9 Å². The Morgan fingerprint density at radius 3 is 2.31 bits per heavy atom. The van der Waals surface area contributed by atoms with Crippen LogP contribution in [0.3, 0.4) is 0 Å². The number of hydrogen-bond acceptors (Lipinski definition) is 3. The second-order valence-corrected chi connectivity index (χ2v) is 8.48. The van der Waals surface area contributed by atoms with Crippen molar-refractivity contribution in [1.82, 2.24) is 9.80 Å². The van der Waals surface area contributed by atoms with E-state index in [4.69, 9.17) is 21.5 Å². The summed E-state index contributed by atoms with van der Waals surface area (Å²) >= 11 is 6.06. The Labute approximate surface area is 188 Å². The molecule has 10 heteroatoms. The van der Waals surface area contributed by atoms with Gasteiger partial charge in [0.05, 0.1) is 0 Å². The number of carbonyl (C=O) groups excluding carboxylic acids is 1. The number of amides is 2. The molecule has 0 atom stereocenters. The van der Waals surface area contributed by atoms with E-state index in [-0.39, 0.29) is 11.4 Å². The van der Waals surface area contributed by atoms with E-state index >= 15 is 0 Å². The highest BCUT2D eigenvalue weighted by Crippen LogP contribution is 2.40. The Morgan fingerprint density at radius 1 is 1.06 bits per heavy atom. The van der Waals surface area contributed by atoms with Crippen molar-refractivity contribution in [2.75, 3.05) is 31.5 Å². The van der Waals surface area contributed by atoms with Crippen molar-refractivity contribution in [3.05, 3.63) is 65.2 Å². The lowest BCUT2D eigenvalue weighted by atomic mass is 9.79. The minimum Gasteiger partial charge on any atom is -0.475 e. The summed E-state index contributed by atoms with van der Waals surface area (Å²) in [6, 6.07) is 17.7. The summed E-state index contributed by atoms with van der Waals surface area (Å²) in [5.41, 5.74) is 2.37. The van der Waals surface area contributed by atoms with Crippen molar-refractivity contribution in [2.45, 2.75) is 19.1 Å². The molecule has 0 aromatic heterocycles. The molecule has 0 bridgehead atoms. The largest absolute Gasteiger partial charge is 0.490 e. The standard InChI is InChI=1S/C20H22ClN3O.C2HF3O2/c21-17-6-4-5-16(11-17)12-23-13-20(14-23)9-10-24(15-20)19(25)22-18-7-2-1-3-8-18;3-2(4,5)1(6)7/h1-8,11H,9-10,12-15H2,(H,22,25);(H,6,7). The molecule has 6 nitrogen and oxygen atoms in total. The molecular weight excluding hydrogens is 447 g/mol. The highest BCUT2D eigenvalue weighted by Gasteiger charge is 2.48. The molecule has 2 saturated heterocycles. The van der Waals surface area contributed by atoms with Gasteiger partial charge in [0.25, 0.3) is 0 Å². The van der Waals surface area contributed by atoms with Crippen LogP contribution < -0.4 is 5.32 Å². The van der Waals surface area contributed by atoms with Crippen LogP contribution in [-0.4, -0.2) is 59.3 Å². The van der Waals surface area contributed by atoms with Crippen LogP contribution in [-0.2, 0) is 11.3 Å². The fourth-order valence-electron chi connectivity index (χ4n) is 4.00. The first kappa shape index (κ1) is 23.9. The fraction of sp³-hybridized carbons (Fsp3) is 0.364. The number of likely N-dealkylation sites (tertiary alicyclic amines) is 2. The first-order valence-corrected chi connectivity index (χ1v) is 10.3. The van der Waals surface area contributed by atoms with E-state index in [0.717, 1.165) is 49.9 Å². The van der Waals surface area contributed by atoms with Gasteiger partial charge in [-0.15, -0.1) is 0 Å². The van der Waals surface area contributed by atoms with Crippen LogP contribution >= 0.6 is 11.6 Å². The van der Waals surface area contributed by atoms with E-state index < -0.39 is 12.1 Å². The number of nitrogens with zero attached hydrogens (tertiary/aromatic N) is 2. The maximum atomic E-state index is 12.4. The number of alkyl halides is 3. The molecule has 2 heterocycles. The maximum absolute atomic E-state index is 12.4. The lowest BCUT2D eigenvalue weighted by molar-refractivity contribution is -0.192. The third-order valence-corrected chi connectivity index (χ3v) is 5.64.